The zero-order chi connectivity index (χ0) is 27.7. The molecule has 3 aromatic carbocycles. The minimum atomic E-state index is -3.55. The molecule has 0 saturated heterocycles. The molecule has 1 amide bonds. The van der Waals surface area contributed by atoms with Gasteiger partial charge in [0.2, 0.25) is 5.91 Å². The van der Waals surface area contributed by atoms with Crippen LogP contribution in [-0.2, 0) is 33.2 Å². The zero-order valence-corrected chi connectivity index (χ0v) is 22.5. The number of amides is 1. The van der Waals surface area contributed by atoms with Crippen LogP contribution in [0.1, 0.15) is 32.2 Å². The fourth-order valence-corrected chi connectivity index (χ4v) is 5.19. The van der Waals surface area contributed by atoms with E-state index in [9.17, 15) is 22.0 Å². The van der Waals surface area contributed by atoms with Gasteiger partial charge >= 0.3 is 0 Å². The van der Waals surface area contributed by atoms with Gasteiger partial charge in [0, 0.05) is 24.4 Å². The van der Waals surface area contributed by atoms with Crippen molar-refractivity contribution in [1.82, 2.24) is 9.55 Å². The van der Waals surface area contributed by atoms with Crippen molar-refractivity contribution in [2.75, 3.05) is 10.5 Å². The summed E-state index contributed by atoms with van der Waals surface area (Å²) in [5.41, 5.74) is 0.981. The Labute approximate surface area is 224 Å². The van der Waals surface area contributed by atoms with Crippen LogP contribution >= 0.6 is 11.6 Å². The molecular formula is C27H26ClF2N3O4S. The van der Waals surface area contributed by atoms with Crippen molar-refractivity contribution in [3.05, 3.63) is 83.7 Å². The molecule has 1 heterocycles. The Bertz CT molecular complexity index is 1600. The van der Waals surface area contributed by atoms with Gasteiger partial charge in [-0.2, -0.15) is 0 Å². The van der Waals surface area contributed by atoms with E-state index in [4.69, 9.17) is 16.3 Å². The largest absolute Gasteiger partial charge is 0.477 e. The van der Waals surface area contributed by atoms with E-state index < -0.39 is 38.2 Å². The number of ether oxygens (including phenoxy) is 1. The van der Waals surface area contributed by atoms with Gasteiger partial charge in [0.15, 0.2) is 32.8 Å². The molecule has 0 atom stereocenters. The normalized spacial score (nSPS) is 12.1. The highest BCUT2D eigenvalue weighted by atomic mass is 35.5. The van der Waals surface area contributed by atoms with Gasteiger partial charge in [-0.1, -0.05) is 12.1 Å². The van der Waals surface area contributed by atoms with E-state index in [1.807, 2.05) is 11.5 Å². The van der Waals surface area contributed by atoms with Crippen LogP contribution in [0.15, 0.2) is 65.6 Å². The van der Waals surface area contributed by atoms with Crippen molar-refractivity contribution >= 4 is 44.1 Å². The summed E-state index contributed by atoms with van der Waals surface area (Å²) in [6.07, 6.45) is -0.0397. The lowest BCUT2D eigenvalue weighted by Gasteiger charge is -2.27. The third-order valence-electron chi connectivity index (χ3n) is 5.94. The van der Waals surface area contributed by atoms with Crippen molar-refractivity contribution in [3.63, 3.8) is 0 Å². The molecule has 4 aromatic rings. The van der Waals surface area contributed by atoms with Crippen LogP contribution in [0.2, 0.25) is 0 Å². The van der Waals surface area contributed by atoms with Gasteiger partial charge in [0.25, 0.3) is 0 Å². The number of sulfone groups is 1. The van der Waals surface area contributed by atoms with E-state index in [-0.39, 0.29) is 22.8 Å². The summed E-state index contributed by atoms with van der Waals surface area (Å²) in [4.78, 5) is 17.1. The molecule has 7 nitrogen and oxygen atoms in total. The van der Waals surface area contributed by atoms with E-state index in [1.54, 1.807) is 19.9 Å². The number of imidazole rings is 1. The SMILES string of the molecule is CCn1c(C(C)(C)Oc2ccc(NC(=O)Cc3ccc(S(=O)(=O)CCl)cc3)cc2F)nc2cc(F)ccc21. The van der Waals surface area contributed by atoms with Crippen molar-refractivity contribution in [2.45, 2.75) is 44.2 Å². The highest BCUT2D eigenvalue weighted by Gasteiger charge is 2.31. The van der Waals surface area contributed by atoms with E-state index in [2.05, 4.69) is 10.3 Å². The van der Waals surface area contributed by atoms with Crippen LogP contribution in [0, 0.1) is 11.6 Å². The monoisotopic (exact) mass is 561 g/mol. The van der Waals surface area contributed by atoms with Crippen molar-refractivity contribution in [3.8, 4) is 5.75 Å². The highest BCUT2D eigenvalue weighted by Crippen LogP contribution is 2.32. The lowest BCUT2D eigenvalue weighted by molar-refractivity contribution is -0.115. The van der Waals surface area contributed by atoms with Crippen LogP contribution < -0.4 is 10.1 Å². The number of aryl methyl sites for hydroxylation is 1. The number of aromatic nitrogens is 2. The number of fused-ring (bicyclic) bond motifs is 1. The van der Waals surface area contributed by atoms with Gasteiger partial charge in [-0.25, -0.2) is 22.2 Å². The standard InChI is InChI=1S/C27H26ClF2N3O4S/c1-4-33-23-11-7-18(29)14-22(23)32-26(33)27(2,3)37-24-12-8-19(15-21(24)30)31-25(34)13-17-5-9-20(10-6-17)38(35,36)16-28/h5-12,14-15H,4,13,16H2,1-3H3,(H,31,34). The lowest BCUT2D eigenvalue weighted by Crippen LogP contribution is -2.30. The number of hydrogen-bond donors (Lipinski definition) is 1. The van der Waals surface area contributed by atoms with Crippen LogP contribution in [0.4, 0.5) is 14.5 Å². The average molecular weight is 562 g/mol. The number of benzene rings is 3. The first-order valence-corrected chi connectivity index (χ1v) is 13.9. The molecule has 0 radical (unpaired) electrons. The summed E-state index contributed by atoms with van der Waals surface area (Å²) in [6.45, 7) is 5.98. The number of rotatable bonds is 9. The van der Waals surface area contributed by atoms with Gasteiger partial charge in [-0.15, -0.1) is 11.6 Å². The molecule has 1 N–H and O–H groups in total. The fraction of sp³-hybridized carbons (Fsp3) is 0.259. The summed E-state index contributed by atoms with van der Waals surface area (Å²) in [6, 6.07) is 14.3. The fourth-order valence-electron chi connectivity index (χ4n) is 4.13. The number of halogens is 3. The number of alkyl halides is 1. The number of nitrogens with zero attached hydrogens (tertiary/aromatic N) is 2. The third kappa shape index (κ3) is 5.81. The molecular weight excluding hydrogens is 536 g/mol. The molecule has 11 heteroatoms. The Morgan fingerprint density at radius 3 is 2.42 bits per heavy atom. The Kier molecular flexibility index (Phi) is 7.75. The quantitative estimate of drug-likeness (QED) is 0.261. The Balaban J connectivity index is 1.47. The lowest BCUT2D eigenvalue weighted by atomic mass is 10.1. The second kappa shape index (κ2) is 10.7. The molecule has 38 heavy (non-hydrogen) atoms. The van der Waals surface area contributed by atoms with Crippen LogP contribution in [-0.4, -0.2) is 29.1 Å². The van der Waals surface area contributed by atoms with Crippen LogP contribution in [0.5, 0.6) is 5.75 Å². The predicted molar refractivity (Wildman–Crippen MR) is 142 cm³/mol. The van der Waals surface area contributed by atoms with E-state index in [1.165, 1.54) is 48.5 Å². The summed E-state index contributed by atoms with van der Waals surface area (Å²) >= 11 is 5.46. The number of anilines is 1. The molecule has 200 valence electrons. The van der Waals surface area contributed by atoms with Gasteiger partial charge in [-0.3, -0.25) is 4.79 Å². The van der Waals surface area contributed by atoms with E-state index in [0.717, 1.165) is 11.6 Å². The molecule has 4 rings (SSSR count). The molecule has 0 aliphatic carbocycles. The first-order chi connectivity index (χ1) is 17.9. The molecule has 0 saturated carbocycles. The smallest absolute Gasteiger partial charge is 0.228 e. The molecule has 0 fully saturated rings. The Morgan fingerprint density at radius 2 is 1.79 bits per heavy atom. The highest BCUT2D eigenvalue weighted by molar-refractivity contribution is 7.92. The predicted octanol–water partition coefficient (Wildman–Crippen LogP) is 5.80. The Hall–Kier alpha value is -3.50. The van der Waals surface area contributed by atoms with E-state index >= 15 is 0 Å². The van der Waals surface area contributed by atoms with Gasteiger partial charge in [0.1, 0.15) is 11.0 Å². The maximum Gasteiger partial charge on any atom is 0.228 e. The first-order valence-electron chi connectivity index (χ1n) is 11.8. The summed E-state index contributed by atoms with van der Waals surface area (Å²) in [5, 5.41) is 2.09. The maximum absolute atomic E-state index is 15.0. The van der Waals surface area contributed by atoms with Gasteiger partial charge < -0.3 is 14.6 Å². The van der Waals surface area contributed by atoms with Crippen molar-refractivity contribution in [1.29, 1.82) is 0 Å². The molecule has 1 aromatic heterocycles. The average Bonchev–Trinajstić information content (AvgIpc) is 3.24. The molecule has 0 bridgehead atoms. The van der Waals surface area contributed by atoms with Crippen molar-refractivity contribution in [2.24, 2.45) is 0 Å². The van der Waals surface area contributed by atoms with Gasteiger partial charge in [0.05, 0.1) is 22.3 Å². The zero-order valence-electron chi connectivity index (χ0n) is 21.0. The van der Waals surface area contributed by atoms with E-state index in [0.29, 0.717) is 23.4 Å². The van der Waals surface area contributed by atoms with Gasteiger partial charge in [-0.05, 0) is 62.7 Å². The number of hydrogen-bond acceptors (Lipinski definition) is 5. The third-order valence-corrected chi connectivity index (χ3v) is 8.08. The second-order valence-corrected chi connectivity index (χ2v) is 11.7. The van der Waals surface area contributed by atoms with Crippen molar-refractivity contribution < 1.29 is 26.7 Å². The summed E-state index contributed by atoms with van der Waals surface area (Å²) in [7, 11) is -3.55. The second-order valence-electron chi connectivity index (χ2n) is 9.16. The van der Waals surface area contributed by atoms with Crippen LogP contribution in [0.3, 0.4) is 0 Å². The number of nitrogens with one attached hydrogen (secondary N) is 1. The number of carbonyl (C=O) groups is 1. The maximum atomic E-state index is 15.0. The Morgan fingerprint density at radius 1 is 1.08 bits per heavy atom. The van der Waals surface area contributed by atoms with Crippen LogP contribution in [0.25, 0.3) is 11.0 Å². The molecule has 0 unspecified atom stereocenters. The summed E-state index contributed by atoms with van der Waals surface area (Å²) in [5.74, 6) is -1.01. The number of carbonyl (C=O) groups excluding carboxylic acids is 1. The first kappa shape index (κ1) is 27.5. The topological polar surface area (TPSA) is 90.3 Å². The molecule has 0 aliphatic rings. The molecule has 0 spiro atoms. The summed E-state index contributed by atoms with van der Waals surface area (Å²) < 4.78 is 60.2. The molecule has 0 aliphatic heterocycles. The minimum absolute atomic E-state index is 0.0371. The minimum Gasteiger partial charge on any atom is -0.477 e.